The van der Waals surface area contributed by atoms with E-state index >= 15 is 0 Å². The topological polar surface area (TPSA) is 94.9 Å². The SMILES string of the molecule is Cc1cc([N+](=O)[O-])c(Cl)cc1-c1ccc(/C=C2\N=C(c3ccccc3Cl)OC2=O)o1. The van der Waals surface area contributed by atoms with Crippen molar-refractivity contribution in [1.82, 2.24) is 0 Å². The van der Waals surface area contributed by atoms with E-state index in [0.717, 1.165) is 0 Å². The highest BCUT2D eigenvalue weighted by atomic mass is 35.5. The van der Waals surface area contributed by atoms with Crippen LogP contribution in [0.1, 0.15) is 16.9 Å². The van der Waals surface area contributed by atoms with Crippen LogP contribution in [0, 0.1) is 17.0 Å². The maximum Gasteiger partial charge on any atom is 0.363 e. The summed E-state index contributed by atoms with van der Waals surface area (Å²) in [4.78, 5) is 26.9. The van der Waals surface area contributed by atoms with Crippen molar-refractivity contribution < 1.29 is 18.9 Å². The van der Waals surface area contributed by atoms with Crippen LogP contribution < -0.4 is 0 Å². The first-order valence-corrected chi connectivity index (χ1v) is 9.41. The average molecular weight is 443 g/mol. The third kappa shape index (κ3) is 3.72. The van der Waals surface area contributed by atoms with Gasteiger partial charge in [0.15, 0.2) is 5.70 Å². The van der Waals surface area contributed by atoms with Crippen molar-refractivity contribution in [2.75, 3.05) is 0 Å². The van der Waals surface area contributed by atoms with E-state index in [1.165, 1.54) is 18.2 Å². The number of nitrogens with zero attached hydrogens (tertiary/aromatic N) is 2. The molecular formula is C21H12Cl2N2O5. The smallest absolute Gasteiger partial charge is 0.363 e. The van der Waals surface area contributed by atoms with Crippen LogP contribution in [0.4, 0.5) is 5.69 Å². The van der Waals surface area contributed by atoms with E-state index in [0.29, 0.717) is 33.2 Å². The molecule has 9 heteroatoms. The largest absolute Gasteiger partial charge is 0.457 e. The lowest BCUT2D eigenvalue weighted by atomic mass is 10.1. The van der Waals surface area contributed by atoms with Gasteiger partial charge in [-0.2, -0.15) is 0 Å². The van der Waals surface area contributed by atoms with Gasteiger partial charge in [0.05, 0.1) is 15.5 Å². The second kappa shape index (κ2) is 7.78. The summed E-state index contributed by atoms with van der Waals surface area (Å²) in [7, 11) is 0. The number of cyclic esters (lactones) is 1. The van der Waals surface area contributed by atoms with Crippen molar-refractivity contribution in [1.29, 1.82) is 0 Å². The Morgan fingerprint density at radius 1 is 1.07 bits per heavy atom. The van der Waals surface area contributed by atoms with Crippen LogP contribution in [0.5, 0.6) is 0 Å². The van der Waals surface area contributed by atoms with Crippen molar-refractivity contribution in [3.63, 3.8) is 0 Å². The quantitative estimate of drug-likeness (QED) is 0.219. The van der Waals surface area contributed by atoms with Crippen LogP contribution in [-0.2, 0) is 9.53 Å². The van der Waals surface area contributed by atoms with Gasteiger partial charge in [-0.25, -0.2) is 9.79 Å². The summed E-state index contributed by atoms with van der Waals surface area (Å²) in [6, 6.07) is 13.1. The predicted octanol–water partition coefficient (Wildman–Crippen LogP) is 5.81. The molecule has 0 fully saturated rings. The Kier molecular flexibility index (Phi) is 5.15. The fourth-order valence-electron chi connectivity index (χ4n) is 2.94. The lowest BCUT2D eigenvalue weighted by molar-refractivity contribution is -0.384. The van der Waals surface area contributed by atoms with Crippen LogP contribution in [0.3, 0.4) is 0 Å². The zero-order chi connectivity index (χ0) is 21.4. The highest BCUT2D eigenvalue weighted by Gasteiger charge is 2.26. The number of carbonyl (C=O) groups is 1. The zero-order valence-electron chi connectivity index (χ0n) is 15.4. The zero-order valence-corrected chi connectivity index (χ0v) is 16.9. The molecule has 4 rings (SSSR count). The van der Waals surface area contributed by atoms with Gasteiger partial charge in [-0.1, -0.05) is 35.3 Å². The van der Waals surface area contributed by atoms with E-state index < -0.39 is 10.9 Å². The molecule has 30 heavy (non-hydrogen) atoms. The van der Waals surface area contributed by atoms with E-state index in [2.05, 4.69) is 4.99 Å². The molecule has 0 amide bonds. The average Bonchev–Trinajstić information content (AvgIpc) is 3.31. The second-order valence-corrected chi connectivity index (χ2v) is 7.21. The van der Waals surface area contributed by atoms with Crippen LogP contribution >= 0.6 is 23.2 Å². The number of hydrogen-bond acceptors (Lipinski definition) is 6. The minimum absolute atomic E-state index is 0.00487. The Morgan fingerprint density at radius 2 is 1.83 bits per heavy atom. The molecule has 3 aromatic rings. The number of carbonyl (C=O) groups excluding carboxylic acids is 1. The molecule has 0 bridgehead atoms. The van der Waals surface area contributed by atoms with Crippen LogP contribution in [0.25, 0.3) is 17.4 Å². The number of aliphatic imine (C=N–C) groups is 1. The van der Waals surface area contributed by atoms with Gasteiger partial charge in [0.2, 0.25) is 5.90 Å². The van der Waals surface area contributed by atoms with Gasteiger partial charge in [0.1, 0.15) is 16.5 Å². The third-order valence-electron chi connectivity index (χ3n) is 4.39. The number of hydrogen-bond donors (Lipinski definition) is 0. The predicted molar refractivity (Wildman–Crippen MR) is 113 cm³/mol. The summed E-state index contributed by atoms with van der Waals surface area (Å²) < 4.78 is 11.0. The Bertz CT molecular complexity index is 1260. The molecular weight excluding hydrogens is 431 g/mol. The van der Waals surface area contributed by atoms with Crippen molar-refractivity contribution in [3.8, 4) is 11.3 Å². The first-order valence-electron chi connectivity index (χ1n) is 8.65. The van der Waals surface area contributed by atoms with Crippen LogP contribution in [0.2, 0.25) is 10.0 Å². The van der Waals surface area contributed by atoms with Crippen molar-refractivity contribution in [3.05, 3.63) is 91.3 Å². The molecule has 0 saturated heterocycles. The van der Waals surface area contributed by atoms with Gasteiger partial charge >= 0.3 is 5.97 Å². The molecule has 0 spiro atoms. The van der Waals surface area contributed by atoms with E-state index in [4.69, 9.17) is 32.4 Å². The molecule has 0 atom stereocenters. The lowest BCUT2D eigenvalue weighted by Gasteiger charge is -2.04. The number of esters is 1. The van der Waals surface area contributed by atoms with Gasteiger partial charge in [-0.3, -0.25) is 10.1 Å². The Morgan fingerprint density at radius 3 is 2.57 bits per heavy atom. The molecule has 2 aromatic carbocycles. The molecule has 0 N–H and O–H groups in total. The Hall–Kier alpha value is -3.42. The number of aryl methyl sites for hydroxylation is 1. The molecule has 2 heterocycles. The number of nitro benzene ring substituents is 1. The van der Waals surface area contributed by atoms with Gasteiger partial charge in [-0.05, 0) is 42.8 Å². The van der Waals surface area contributed by atoms with E-state index in [9.17, 15) is 14.9 Å². The molecule has 0 aliphatic carbocycles. The number of benzene rings is 2. The van der Waals surface area contributed by atoms with Gasteiger partial charge in [0.25, 0.3) is 5.69 Å². The summed E-state index contributed by atoms with van der Waals surface area (Å²) in [6.07, 6.45) is 1.44. The van der Waals surface area contributed by atoms with Gasteiger partial charge < -0.3 is 9.15 Å². The van der Waals surface area contributed by atoms with Crippen molar-refractivity contribution >= 4 is 46.8 Å². The number of furan rings is 1. The summed E-state index contributed by atoms with van der Waals surface area (Å²) >= 11 is 12.1. The third-order valence-corrected chi connectivity index (χ3v) is 5.02. The monoisotopic (exact) mass is 442 g/mol. The van der Waals surface area contributed by atoms with Crippen LogP contribution in [-0.4, -0.2) is 16.8 Å². The lowest BCUT2D eigenvalue weighted by Crippen LogP contribution is -2.05. The number of rotatable bonds is 4. The molecule has 0 radical (unpaired) electrons. The maximum absolute atomic E-state index is 12.2. The first-order chi connectivity index (χ1) is 14.3. The molecule has 0 unspecified atom stereocenters. The normalized spacial score (nSPS) is 14.7. The summed E-state index contributed by atoms with van der Waals surface area (Å²) in [5.41, 5.74) is 1.61. The first kappa shape index (κ1) is 19.9. The summed E-state index contributed by atoms with van der Waals surface area (Å²) in [5.74, 6) is 0.284. The minimum Gasteiger partial charge on any atom is -0.457 e. The molecule has 0 saturated carbocycles. The van der Waals surface area contributed by atoms with Crippen molar-refractivity contribution in [2.45, 2.75) is 6.92 Å². The van der Waals surface area contributed by atoms with E-state index in [-0.39, 0.29) is 22.3 Å². The van der Waals surface area contributed by atoms with Gasteiger partial charge in [-0.15, -0.1) is 0 Å². The highest BCUT2D eigenvalue weighted by molar-refractivity contribution is 6.34. The number of nitro groups is 1. The second-order valence-electron chi connectivity index (χ2n) is 6.39. The molecule has 1 aliphatic heterocycles. The molecule has 150 valence electrons. The number of halogens is 2. The number of ether oxygens (including phenoxy) is 1. The van der Waals surface area contributed by atoms with E-state index in [1.807, 2.05) is 0 Å². The summed E-state index contributed by atoms with van der Waals surface area (Å²) in [6.45, 7) is 1.72. The van der Waals surface area contributed by atoms with Gasteiger partial charge in [0, 0.05) is 17.7 Å². The Labute approximate surface area is 180 Å². The molecule has 1 aromatic heterocycles. The van der Waals surface area contributed by atoms with E-state index in [1.54, 1.807) is 43.3 Å². The fraction of sp³-hybridized carbons (Fsp3) is 0.0476. The Balaban J connectivity index is 1.66. The molecule has 1 aliphatic rings. The van der Waals surface area contributed by atoms with Crippen molar-refractivity contribution in [2.24, 2.45) is 4.99 Å². The highest BCUT2D eigenvalue weighted by Crippen LogP contribution is 2.34. The standard InChI is InChI=1S/C21H12Cl2N2O5/c1-11-8-18(25(27)28)16(23)10-14(11)19-7-6-12(29-19)9-17-21(26)30-20(24-17)13-4-2-3-5-15(13)22/h2-10H,1H3/b17-9-. The maximum atomic E-state index is 12.2. The minimum atomic E-state index is -0.627. The molecule has 7 nitrogen and oxygen atoms in total. The fourth-order valence-corrected chi connectivity index (χ4v) is 3.39. The summed E-state index contributed by atoms with van der Waals surface area (Å²) in [5, 5.41) is 11.4. The van der Waals surface area contributed by atoms with Crippen LogP contribution in [0.15, 0.2) is 63.6 Å².